The Bertz CT molecular complexity index is 1000. The van der Waals surface area contributed by atoms with E-state index >= 15 is 0 Å². The zero-order chi connectivity index (χ0) is 48.7. The normalized spacial score (nSPS) is 13.1. The van der Waals surface area contributed by atoms with Crippen molar-refractivity contribution in [3.8, 4) is 0 Å². The average Bonchev–Trinajstić information content (AvgIpc) is 3.32. The lowest BCUT2D eigenvalue weighted by Gasteiger charge is -2.20. The van der Waals surface area contributed by atoms with Gasteiger partial charge in [-0.25, -0.2) is 4.57 Å². The Labute approximate surface area is 418 Å². The summed E-state index contributed by atoms with van der Waals surface area (Å²) >= 11 is 0. The van der Waals surface area contributed by atoms with Gasteiger partial charge in [-0.15, -0.1) is 0 Å². The molecule has 3 N–H and O–H groups in total. The van der Waals surface area contributed by atoms with Crippen molar-refractivity contribution in [1.29, 1.82) is 0 Å². The van der Waals surface area contributed by atoms with E-state index in [-0.39, 0.29) is 32.3 Å². The van der Waals surface area contributed by atoms with Crippen LogP contribution in [0, 0.1) is 0 Å². The number of ether oxygens (including phenoxy) is 2. The summed E-state index contributed by atoms with van der Waals surface area (Å²) in [5, 5.41) is 0. The van der Waals surface area contributed by atoms with Gasteiger partial charge in [-0.3, -0.25) is 13.8 Å². The molecule has 0 aromatic carbocycles. The fraction of sp³-hybridized carbons (Fsp3) is 0.983. The van der Waals surface area contributed by atoms with Crippen molar-refractivity contribution in [1.82, 2.24) is 0 Å². The number of carbonyl (C=O) groups is 1. The Hall–Kier alpha value is -0.500. The van der Waals surface area contributed by atoms with Gasteiger partial charge in [-0.05, 0) is 12.8 Å². The van der Waals surface area contributed by atoms with Gasteiger partial charge in [0, 0.05) is 19.6 Å². The van der Waals surface area contributed by atoms with Crippen molar-refractivity contribution in [2.24, 2.45) is 5.73 Å². The third-order valence-electron chi connectivity index (χ3n) is 13.8. The first-order valence-corrected chi connectivity index (χ1v) is 31.5. The number of hydrogen-bond acceptors (Lipinski definition) is 7. The third-order valence-corrected chi connectivity index (χ3v) is 14.8. The van der Waals surface area contributed by atoms with Gasteiger partial charge in [0.05, 0.1) is 19.8 Å². The Balaban J connectivity index is 3.79. The van der Waals surface area contributed by atoms with Gasteiger partial charge in [0.2, 0.25) is 0 Å². The Kier molecular flexibility index (Phi) is 56.0. The molecule has 2 unspecified atom stereocenters. The van der Waals surface area contributed by atoms with Gasteiger partial charge >= 0.3 is 13.8 Å². The minimum Gasteiger partial charge on any atom is -0.457 e. The highest BCUT2D eigenvalue weighted by atomic mass is 31.2. The molecule has 0 fully saturated rings. The molecule has 0 saturated heterocycles. The van der Waals surface area contributed by atoms with Crippen LogP contribution in [-0.4, -0.2) is 49.9 Å². The maximum Gasteiger partial charge on any atom is 0.472 e. The van der Waals surface area contributed by atoms with E-state index in [2.05, 4.69) is 13.8 Å². The van der Waals surface area contributed by atoms with E-state index in [9.17, 15) is 14.3 Å². The highest BCUT2D eigenvalue weighted by molar-refractivity contribution is 7.47. The van der Waals surface area contributed by atoms with Gasteiger partial charge in [0.15, 0.2) is 0 Å². The van der Waals surface area contributed by atoms with Crippen molar-refractivity contribution in [3.05, 3.63) is 0 Å². The lowest BCUT2D eigenvalue weighted by Crippen LogP contribution is -2.28. The molecule has 0 aliphatic heterocycles. The SMILES string of the molecule is CCCCCCCCCCCCCCCCCCCCCCCCCCCCOCC(COP(=O)(O)OCCN)OC(=O)CCCCCCCCCCCCCCCCCCCCCCCC. The molecule has 0 radical (unpaired) electrons. The van der Waals surface area contributed by atoms with E-state index in [0.29, 0.717) is 13.0 Å². The van der Waals surface area contributed by atoms with Crippen LogP contribution in [0.3, 0.4) is 0 Å². The van der Waals surface area contributed by atoms with E-state index in [1.165, 1.54) is 276 Å². The van der Waals surface area contributed by atoms with Crippen LogP contribution in [0.25, 0.3) is 0 Å². The first-order chi connectivity index (χ1) is 32.9. The van der Waals surface area contributed by atoms with Gasteiger partial charge in [-0.2, -0.15) is 0 Å². The molecule has 0 saturated carbocycles. The fourth-order valence-electron chi connectivity index (χ4n) is 9.36. The number of phosphoric acid groups is 1. The summed E-state index contributed by atoms with van der Waals surface area (Å²) in [4.78, 5) is 22.7. The molecule has 0 amide bonds. The predicted molar refractivity (Wildman–Crippen MR) is 289 cm³/mol. The molecule has 0 aliphatic rings. The Morgan fingerprint density at radius 3 is 0.940 bits per heavy atom. The Morgan fingerprint density at radius 2 is 0.657 bits per heavy atom. The highest BCUT2D eigenvalue weighted by Crippen LogP contribution is 2.43. The second-order valence-corrected chi connectivity index (χ2v) is 22.0. The van der Waals surface area contributed by atoms with Crippen LogP contribution in [0.4, 0.5) is 0 Å². The van der Waals surface area contributed by atoms with Crippen molar-refractivity contribution >= 4 is 13.8 Å². The first-order valence-electron chi connectivity index (χ1n) is 30.0. The summed E-state index contributed by atoms with van der Waals surface area (Å²) in [5.74, 6) is -0.318. The van der Waals surface area contributed by atoms with Crippen LogP contribution in [0.5, 0.6) is 0 Å². The van der Waals surface area contributed by atoms with Gasteiger partial charge in [-0.1, -0.05) is 309 Å². The number of nitrogens with two attached hydrogens (primary N) is 1. The molecule has 9 heteroatoms. The van der Waals surface area contributed by atoms with Gasteiger partial charge < -0.3 is 20.1 Å². The molecule has 2 atom stereocenters. The summed E-state index contributed by atoms with van der Waals surface area (Å²) < 4.78 is 33.7. The molecule has 0 spiro atoms. The van der Waals surface area contributed by atoms with Crippen LogP contribution < -0.4 is 5.73 Å². The Morgan fingerprint density at radius 1 is 0.388 bits per heavy atom. The molecule has 402 valence electrons. The topological polar surface area (TPSA) is 117 Å². The fourth-order valence-corrected chi connectivity index (χ4v) is 10.1. The summed E-state index contributed by atoms with van der Waals surface area (Å²) in [5.41, 5.74) is 5.41. The quantitative estimate of drug-likeness (QED) is 0.0352. The first kappa shape index (κ1) is 66.5. The number of unbranched alkanes of at least 4 members (excludes halogenated alkanes) is 46. The molecule has 0 aromatic rings. The molecular weight excluding hydrogens is 854 g/mol. The predicted octanol–water partition coefficient (Wildman–Crippen LogP) is 19.2. The second-order valence-electron chi connectivity index (χ2n) is 20.6. The molecule has 8 nitrogen and oxygen atoms in total. The van der Waals surface area contributed by atoms with E-state index < -0.39 is 13.9 Å². The third kappa shape index (κ3) is 56.3. The van der Waals surface area contributed by atoms with E-state index in [1.54, 1.807) is 0 Å². The van der Waals surface area contributed by atoms with Crippen molar-refractivity contribution in [2.75, 3.05) is 33.0 Å². The molecule has 0 aliphatic carbocycles. The molecular formula is C58H118NO7P. The zero-order valence-electron chi connectivity index (χ0n) is 45.2. The van der Waals surface area contributed by atoms with Crippen molar-refractivity contribution < 1.29 is 32.8 Å². The summed E-state index contributed by atoms with van der Waals surface area (Å²) in [6.07, 6.45) is 64.6. The van der Waals surface area contributed by atoms with E-state index in [4.69, 9.17) is 24.3 Å². The van der Waals surface area contributed by atoms with Crippen molar-refractivity contribution in [3.63, 3.8) is 0 Å². The van der Waals surface area contributed by atoms with Crippen LogP contribution in [0.2, 0.25) is 0 Å². The molecule has 0 heterocycles. The number of hydrogen-bond donors (Lipinski definition) is 2. The molecule has 0 bridgehead atoms. The van der Waals surface area contributed by atoms with Crippen LogP contribution >= 0.6 is 7.82 Å². The van der Waals surface area contributed by atoms with Crippen LogP contribution in [-0.2, 0) is 27.9 Å². The zero-order valence-corrected chi connectivity index (χ0v) is 46.1. The van der Waals surface area contributed by atoms with E-state index in [0.717, 1.165) is 32.1 Å². The number of rotatable bonds is 59. The molecule has 0 rings (SSSR count). The lowest BCUT2D eigenvalue weighted by atomic mass is 10.0. The van der Waals surface area contributed by atoms with Crippen LogP contribution in [0.15, 0.2) is 0 Å². The lowest BCUT2D eigenvalue weighted by molar-refractivity contribution is -0.154. The smallest absolute Gasteiger partial charge is 0.457 e. The van der Waals surface area contributed by atoms with Gasteiger partial charge in [0.25, 0.3) is 0 Å². The van der Waals surface area contributed by atoms with Crippen molar-refractivity contribution in [2.45, 2.75) is 335 Å². The number of carbonyl (C=O) groups excluding carboxylic acids is 1. The van der Waals surface area contributed by atoms with E-state index in [1.807, 2.05) is 0 Å². The highest BCUT2D eigenvalue weighted by Gasteiger charge is 2.25. The number of esters is 1. The number of phosphoric ester groups is 1. The summed E-state index contributed by atoms with van der Waals surface area (Å²) in [7, 11) is -4.28. The summed E-state index contributed by atoms with van der Waals surface area (Å²) in [6.45, 7) is 5.03. The minimum absolute atomic E-state index is 0.0894. The largest absolute Gasteiger partial charge is 0.472 e. The maximum absolute atomic E-state index is 12.7. The van der Waals surface area contributed by atoms with Crippen LogP contribution in [0.1, 0.15) is 328 Å². The second kappa shape index (κ2) is 56.4. The molecule has 67 heavy (non-hydrogen) atoms. The standard InChI is InChI=1S/C58H118NO7P/c1-3-5-7-9-11-13-15-17-19-21-23-25-27-28-29-30-32-34-36-38-40-42-44-46-48-50-53-63-55-57(56-65-67(61,62)64-54-52-59)66-58(60)51-49-47-45-43-41-39-37-35-33-31-26-24-22-20-18-16-14-12-10-8-6-4-2/h57H,3-56,59H2,1-2H3,(H,61,62). The van der Waals surface area contributed by atoms with Gasteiger partial charge in [0.1, 0.15) is 6.10 Å². The minimum atomic E-state index is -4.28. The average molecular weight is 973 g/mol. The maximum atomic E-state index is 12.7. The molecule has 0 aromatic heterocycles. The summed E-state index contributed by atoms with van der Waals surface area (Å²) in [6, 6.07) is 0. The monoisotopic (exact) mass is 972 g/mol.